The van der Waals surface area contributed by atoms with Crippen molar-refractivity contribution in [2.75, 3.05) is 13.7 Å². The fraction of sp³-hybridized carbons (Fsp3) is 0.227. The average Bonchev–Trinajstić information content (AvgIpc) is 3.15. The van der Waals surface area contributed by atoms with E-state index in [0.29, 0.717) is 0 Å². The molecule has 0 saturated carbocycles. The Morgan fingerprint density at radius 3 is 2.46 bits per heavy atom. The molecule has 4 nitrogen and oxygen atoms in total. The molecular weight excluding hydrogens is 322 g/mol. The third-order valence-electron chi connectivity index (χ3n) is 4.23. The zero-order chi connectivity index (χ0) is 18.2. The molecule has 0 fully saturated rings. The first-order valence-corrected chi connectivity index (χ1v) is 8.78. The molecule has 0 unspecified atom stereocenters. The average molecular weight is 347 g/mol. The van der Waals surface area contributed by atoms with E-state index in [1.54, 1.807) is 7.11 Å². The van der Waals surface area contributed by atoms with Gasteiger partial charge in [0.1, 0.15) is 5.75 Å². The van der Waals surface area contributed by atoms with Crippen molar-refractivity contribution in [3.05, 3.63) is 96.3 Å². The first-order chi connectivity index (χ1) is 12.8. The Hall–Kier alpha value is -2.85. The van der Waals surface area contributed by atoms with Gasteiger partial charge in [-0.25, -0.2) is 0 Å². The van der Waals surface area contributed by atoms with Gasteiger partial charge < -0.3 is 4.74 Å². The number of hydrogen-bond acceptors (Lipinski definition) is 3. The summed E-state index contributed by atoms with van der Waals surface area (Å²) in [5, 5.41) is 4.28. The van der Waals surface area contributed by atoms with E-state index in [9.17, 15) is 0 Å². The highest BCUT2D eigenvalue weighted by Crippen LogP contribution is 2.16. The van der Waals surface area contributed by atoms with Gasteiger partial charge in [-0.3, -0.25) is 9.58 Å². The Kier molecular flexibility index (Phi) is 6.23. The summed E-state index contributed by atoms with van der Waals surface area (Å²) < 4.78 is 7.27. The maximum absolute atomic E-state index is 5.33. The van der Waals surface area contributed by atoms with Gasteiger partial charge in [-0.1, -0.05) is 42.5 Å². The SMILES string of the molecule is C=CCN(Cc1cccc(Cn2cccn2)c1)Cc1cccc(OC)c1. The normalized spacial score (nSPS) is 10.8. The van der Waals surface area contributed by atoms with E-state index in [1.165, 1.54) is 16.7 Å². The molecule has 0 N–H and O–H groups in total. The summed E-state index contributed by atoms with van der Waals surface area (Å²) in [7, 11) is 1.70. The summed E-state index contributed by atoms with van der Waals surface area (Å²) in [6.45, 7) is 7.26. The Labute approximate surface area is 155 Å². The molecule has 0 aliphatic rings. The van der Waals surface area contributed by atoms with E-state index >= 15 is 0 Å². The maximum Gasteiger partial charge on any atom is 0.119 e. The van der Waals surface area contributed by atoms with Gasteiger partial charge in [-0.15, -0.1) is 6.58 Å². The quantitative estimate of drug-likeness (QED) is 0.545. The third-order valence-corrected chi connectivity index (χ3v) is 4.23. The Morgan fingerprint density at radius 2 is 1.77 bits per heavy atom. The van der Waals surface area contributed by atoms with E-state index in [2.05, 4.69) is 53.0 Å². The smallest absolute Gasteiger partial charge is 0.119 e. The first kappa shape index (κ1) is 18.0. The highest BCUT2D eigenvalue weighted by Gasteiger charge is 2.07. The predicted octanol–water partition coefficient (Wildman–Crippen LogP) is 4.13. The summed E-state index contributed by atoms with van der Waals surface area (Å²) in [6, 6.07) is 18.9. The fourth-order valence-corrected chi connectivity index (χ4v) is 3.06. The maximum atomic E-state index is 5.33. The van der Waals surface area contributed by atoms with E-state index in [4.69, 9.17) is 4.74 Å². The molecular formula is C22H25N3O. The molecule has 1 heterocycles. The number of benzene rings is 2. The van der Waals surface area contributed by atoms with Crippen LogP contribution in [0.5, 0.6) is 5.75 Å². The minimum Gasteiger partial charge on any atom is -0.497 e. The van der Waals surface area contributed by atoms with Crippen LogP contribution in [0.15, 0.2) is 79.6 Å². The topological polar surface area (TPSA) is 30.3 Å². The lowest BCUT2D eigenvalue weighted by molar-refractivity contribution is 0.285. The first-order valence-electron chi connectivity index (χ1n) is 8.78. The van der Waals surface area contributed by atoms with Crippen LogP contribution in [0.1, 0.15) is 16.7 Å². The van der Waals surface area contributed by atoms with Crippen molar-refractivity contribution < 1.29 is 4.74 Å². The second kappa shape index (κ2) is 9.02. The van der Waals surface area contributed by atoms with Gasteiger partial charge in [0, 0.05) is 32.0 Å². The van der Waals surface area contributed by atoms with Crippen molar-refractivity contribution >= 4 is 0 Å². The molecule has 3 aromatic rings. The Morgan fingerprint density at radius 1 is 1.04 bits per heavy atom. The van der Waals surface area contributed by atoms with Crippen molar-refractivity contribution in [2.24, 2.45) is 0 Å². The summed E-state index contributed by atoms with van der Waals surface area (Å²) in [4.78, 5) is 2.37. The summed E-state index contributed by atoms with van der Waals surface area (Å²) >= 11 is 0. The molecule has 0 atom stereocenters. The van der Waals surface area contributed by atoms with Crippen LogP contribution in [0, 0.1) is 0 Å². The molecule has 0 amide bonds. The molecule has 0 bridgehead atoms. The standard InChI is InChI=1S/C22H25N3O/c1-3-12-24(17-21-9-5-10-22(15-21)26-2)16-19-7-4-8-20(14-19)18-25-13-6-11-23-25/h3-11,13-15H,1,12,16-18H2,2H3. The van der Waals surface area contributed by atoms with Gasteiger partial charge >= 0.3 is 0 Å². The van der Waals surface area contributed by atoms with Crippen molar-refractivity contribution in [3.8, 4) is 5.75 Å². The van der Waals surface area contributed by atoms with E-state index < -0.39 is 0 Å². The van der Waals surface area contributed by atoms with Crippen molar-refractivity contribution in [3.63, 3.8) is 0 Å². The van der Waals surface area contributed by atoms with Crippen LogP contribution in [0.25, 0.3) is 0 Å². The van der Waals surface area contributed by atoms with Gasteiger partial charge in [0.15, 0.2) is 0 Å². The number of rotatable bonds is 9. The molecule has 0 aliphatic carbocycles. The van der Waals surface area contributed by atoms with Crippen molar-refractivity contribution in [1.82, 2.24) is 14.7 Å². The van der Waals surface area contributed by atoms with Crippen LogP contribution in [0.2, 0.25) is 0 Å². The fourth-order valence-electron chi connectivity index (χ4n) is 3.06. The van der Waals surface area contributed by atoms with Crippen molar-refractivity contribution in [2.45, 2.75) is 19.6 Å². The van der Waals surface area contributed by atoms with Crippen LogP contribution in [-0.2, 0) is 19.6 Å². The van der Waals surface area contributed by atoms with Gasteiger partial charge in [0.25, 0.3) is 0 Å². The molecule has 0 radical (unpaired) electrons. The van der Waals surface area contributed by atoms with E-state index in [0.717, 1.165) is 31.9 Å². The Bertz CT molecular complexity index is 827. The molecule has 0 spiro atoms. The minimum atomic E-state index is 0.790. The van der Waals surface area contributed by atoms with Crippen molar-refractivity contribution in [1.29, 1.82) is 0 Å². The molecule has 1 aromatic heterocycles. The number of ether oxygens (including phenoxy) is 1. The minimum absolute atomic E-state index is 0.790. The lowest BCUT2D eigenvalue weighted by Crippen LogP contribution is -2.23. The van der Waals surface area contributed by atoms with E-state index in [1.807, 2.05) is 41.4 Å². The van der Waals surface area contributed by atoms with Crippen LogP contribution in [0.4, 0.5) is 0 Å². The number of nitrogens with zero attached hydrogens (tertiary/aromatic N) is 3. The molecule has 3 rings (SSSR count). The largest absolute Gasteiger partial charge is 0.497 e. The second-order valence-corrected chi connectivity index (χ2v) is 6.33. The summed E-state index contributed by atoms with van der Waals surface area (Å²) in [5.41, 5.74) is 3.78. The molecule has 0 saturated heterocycles. The lowest BCUT2D eigenvalue weighted by atomic mass is 10.1. The monoisotopic (exact) mass is 347 g/mol. The molecule has 2 aromatic carbocycles. The number of methoxy groups -OCH3 is 1. The van der Waals surface area contributed by atoms with E-state index in [-0.39, 0.29) is 0 Å². The van der Waals surface area contributed by atoms with Gasteiger partial charge in [0.2, 0.25) is 0 Å². The number of aromatic nitrogens is 2. The Balaban J connectivity index is 1.70. The summed E-state index contributed by atoms with van der Waals surface area (Å²) in [6.07, 6.45) is 5.75. The molecule has 134 valence electrons. The molecule has 4 heteroatoms. The zero-order valence-corrected chi connectivity index (χ0v) is 15.2. The second-order valence-electron chi connectivity index (χ2n) is 6.33. The van der Waals surface area contributed by atoms with Crippen LogP contribution in [0.3, 0.4) is 0 Å². The summed E-state index contributed by atoms with van der Waals surface area (Å²) in [5.74, 6) is 0.891. The van der Waals surface area contributed by atoms with Crippen LogP contribution < -0.4 is 4.74 Å². The third kappa shape index (κ3) is 5.07. The van der Waals surface area contributed by atoms with Gasteiger partial charge in [-0.05, 0) is 34.9 Å². The van der Waals surface area contributed by atoms with Crippen LogP contribution >= 0.6 is 0 Å². The number of hydrogen-bond donors (Lipinski definition) is 0. The zero-order valence-electron chi connectivity index (χ0n) is 15.2. The molecule has 0 aliphatic heterocycles. The van der Waals surface area contributed by atoms with Gasteiger partial charge in [-0.2, -0.15) is 5.10 Å². The lowest BCUT2D eigenvalue weighted by Gasteiger charge is -2.21. The molecule has 26 heavy (non-hydrogen) atoms. The van der Waals surface area contributed by atoms with Gasteiger partial charge in [0.05, 0.1) is 13.7 Å². The highest BCUT2D eigenvalue weighted by atomic mass is 16.5. The predicted molar refractivity (Wildman–Crippen MR) is 105 cm³/mol. The highest BCUT2D eigenvalue weighted by molar-refractivity contribution is 5.29. The van der Waals surface area contributed by atoms with Crippen LogP contribution in [-0.4, -0.2) is 28.3 Å².